The van der Waals surface area contributed by atoms with Gasteiger partial charge in [-0.05, 0) is 12.1 Å². The van der Waals surface area contributed by atoms with E-state index in [9.17, 15) is 4.79 Å². The summed E-state index contributed by atoms with van der Waals surface area (Å²) in [6.45, 7) is 2.23. The molecule has 7 heteroatoms. The zero-order valence-corrected chi connectivity index (χ0v) is 11.4. The summed E-state index contributed by atoms with van der Waals surface area (Å²) in [4.78, 5) is 13.3. The van der Waals surface area contributed by atoms with E-state index in [4.69, 9.17) is 16.0 Å². The number of nitrogens with zero attached hydrogens (tertiary/aromatic N) is 3. The number of aromatic nitrogens is 2. The van der Waals surface area contributed by atoms with Gasteiger partial charge < -0.3 is 9.73 Å². The lowest BCUT2D eigenvalue weighted by Gasteiger charge is -2.24. The second kappa shape index (κ2) is 5.60. The molecular weight excluding hydrogens is 280 g/mol. The van der Waals surface area contributed by atoms with E-state index >= 15 is 0 Å². The van der Waals surface area contributed by atoms with Crippen molar-refractivity contribution in [2.24, 2.45) is 0 Å². The summed E-state index contributed by atoms with van der Waals surface area (Å²) in [5.41, 5.74) is 0.712. The maximum absolute atomic E-state index is 11.3. The molecular formula is C13H13ClN4O2. The van der Waals surface area contributed by atoms with Crippen LogP contribution in [0.4, 0.5) is 0 Å². The molecule has 1 aliphatic rings. The Kier molecular flexibility index (Phi) is 3.66. The molecule has 1 aliphatic heterocycles. The standard InChI is InChI=1S/C13H13ClN4O2/c14-10-4-2-1-3-9(10)13-17-16-12(20-13)8-18-6-5-15-11(19)7-18/h1-4H,5-8H2,(H,15,19). The van der Waals surface area contributed by atoms with E-state index in [-0.39, 0.29) is 5.91 Å². The van der Waals surface area contributed by atoms with E-state index in [2.05, 4.69) is 15.5 Å². The van der Waals surface area contributed by atoms with Gasteiger partial charge >= 0.3 is 0 Å². The predicted molar refractivity (Wildman–Crippen MR) is 73.0 cm³/mol. The number of hydrogen-bond acceptors (Lipinski definition) is 5. The van der Waals surface area contributed by atoms with Crippen LogP contribution >= 0.6 is 11.6 Å². The minimum absolute atomic E-state index is 0.0158. The van der Waals surface area contributed by atoms with E-state index < -0.39 is 0 Å². The van der Waals surface area contributed by atoms with Crippen molar-refractivity contribution in [1.29, 1.82) is 0 Å². The smallest absolute Gasteiger partial charge is 0.249 e. The summed E-state index contributed by atoms with van der Waals surface area (Å²) in [7, 11) is 0. The quantitative estimate of drug-likeness (QED) is 0.924. The summed E-state index contributed by atoms with van der Waals surface area (Å²) in [6, 6.07) is 7.30. The highest BCUT2D eigenvalue weighted by molar-refractivity contribution is 6.33. The van der Waals surface area contributed by atoms with Crippen molar-refractivity contribution < 1.29 is 9.21 Å². The molecule has 0 bridgehead atoms. The van der Waals surface area contributed by atoms with Crippen LogP contribution in [0.1, 0.15) is 5.89 Å². The van der Waals surface area contributed by atoms with Crippen molar-refractivity contribution >= 4 is 17.5 Å². The minimum atomic E-state index is 0.0158. The van der Waals surface area contributed by atoms with Crippen molar-refractivity contribution in [3.05, 3.63) is 35.2 Å². The number of rotatable bonds is 3. The number of carbonyl (C=O) groups is 1. The van der Waals surface area contributed by atoms with Gasteiger partial charge in [-0.25, -0.2) is 0 Å². The molecule has 20 heavy (non-hydrogen) atoms. The number of benzene rings is 1. The highest BCUT2D eigenvalue weighted by Gasteiger charge is 2.19. The number of piperazine rings is 1. The molecule has 1 N–H and O–H groups in total. The number of halogens is 1. The van der Waals surface area contributed by atoms with Gasteiger partial charge in [0, 0.05) is 13.1 Å². The number of amides is 1. The third-order valence-electron chi connectivity index (χ3n) is 3.05. The fourth-order valence-corrected chi connectivity index (χ4v) is 2.30. The van der Waals surface area contributed by atoms with Crippen LogP contribution in [0.25, 0.3) is 11.5 Å². The van der Waals surface area contributed by atoms with Crippen LogP contribution in [0.2, 0.25) is 5.02 Å². The Bertz CT molecular complexity index is 628. The molecule has 1 saturated heterocycles. The molecule has 3 rings (SSSR count). The number of carbonyl (C=O) groups excluding carboxylic acids is 1. The lowest BCUT2D eigenvalue weighted by Crippen LogP contribution is -2.47. The van der Waals surface area contributed by atoms with Gasteiger partial charge in [0.1, 0.15) is 0 Å². The van der Waals surface area contributed by atoms with Crippen LogP contribution < -0.4 is 5.32 Å². The summed E-state index contributed by atoms with van der Waals surface area (Å²) in [5, 5.41) is 11.3. The predicted octanol–water partition coefficient (Wildman–Crippen LogP) is 1.32. The molecule has 0 atom stereocenters. The summed E-state index contributed by atoms with van der Waals surface area (Å²) >= 11 is 6.09. The molecule has 2 heterocycles. The van der Waals surface area contributed by atoms with Crippen molar-refractivity contribution in [2.45, 2.75) is 6.54 Å². The van der Waals surface area contributed by atoms with Gasteiger partial charge in [0.25, 0.3) is 0 Å². The van der Waals surface area contributed by atoms with Crippen LogP contribution in [0.15, 0.2) is 28.7 Å². The molecule has 0 unspecified atom stereocenters. The fraction of sp³-hybridized carbons (Fsp3) is 0.308. The molecule has 1 amide bonds. The summed E-state index contributed by atoms with van der Waals surface area (Å²) in [6.07, 6.45) is 0. The van der Waals surface area contributed by atoms with Crippen LogP contribution in [0.5, 0.6) is 0 Å². The molecule has 1 aromatic carbocycles. The van der Waals surface area contributed by atoms with Crippen molar-refractivity contribution in [1.82, 2.24) is 20.4 Å². The molecule has 6 nitrogen and oxygen atoms in total. The topological polar surface area (TPSA) is 71.3 Å². The summed E-state index contributed by atoms with van der Waals surface area (Å²) < 4.78 is 5.61. The van der Waals surface area contributed by atoms with Gasteiger partial charge in [0.05, 0.1) is 23.7 Å². The Morgan fingerprint density at radius 1 is 1.35 bits per heavy atom. The van der Waals surface area contributed by atoms with Crippen LogP contribution in [0, 0.1) is 0 Å². The Balaban J connectivity index is 1.74. The van der Waals surface area contributed by atoms with Crippen LogP contribution in [0.3, 0.4) is 0 Å². The van der Waals surface area contributed by atoms with Crippen LogP contribution in [-0.4, -0.2) is 40.6 Å². The van der Waals surface area contributed by atoms with Gasteiger partial charge in [-0.15, -0.1) is 10.2 Å². The van der Waals surface area contributed by atoms with Gasteiger partial charge in [-0.3, -0.25) is 9.69 Å². The monoisotopic (exact) mass is 292 g/mol. The molecule has 1 fully saturated rings. The Morgan fingerprint density at radius 3 is 3.00 bits per heavy atom. The first-order valence-corrected chi connectivity index (χ1v) is 6.66. The summed E-state index contributed by atoms with van der Waals surface area (Å²) in [5.74, 6) is 0.892. The zero-order chi connectivity index (χ0) is 13.9. The maximum atomic E-state index is 11.3. The third-order valence-corrected chi connectivity index (χ3v) is 3.38. The average molecular weight is 293 g/mol. The van der Waals surface area contributed by atoms with E-state index in [1.807, 2.05) is 23.1 Å². The lowest BCUT2D eigenvalue weighted by molar-refractivity contribution is -0.124. The van der Waals surface area contributed by atoms with E-state index in [1.165, 1.54) is 0 Å². The molecule has 0 aliphatic carbocycles. The van der Waals surface area contributed by atoms with Gasteiger partial charge in [-0.2, -0.15) is 0 Å². The van der Waals surface area contributed by atoms with Crippen molar-refractivity contribution in [3.63, 3.8) is 0 Å². The fourth-order valence-electron chi connectivity index (χ4n) is 2.08. The molecule has 0 spiro atoms. The van der Waals surface area contributed by atoms with Gasteiger partial charge in [-0.1, -0.05) is 23.7 Å². The Morgan fingerprint density at radius 2 is 2.20 bits per heavy atom. The first-order valence-electron chi connectivity index (χ1n) is 6.29. The normalized spacial score (nSPS) is 16.1. The van der Waals surface area contributed by atoms with Crippen LogP contribution in [-0.2, 0) is 11.3 Å². The highest BCUT2D eigenvalue weighted by Crippen LogP contribution is 2.26. The van der Waals surface area contributed by atoms with E-state index in [1.54, 1.807) is 6.07 Å². The van der Waals surface area contributed by atoms with Crippen molar-refractivity contribution in [2.75, 3.05) is 19.6 Å². The molecule has 1 aromatic heterocycles. The number of nitrogens with one attached hydrogen (secondary N) is 1. The van der Waals surface area contributed by atoms with Crippen molar-refractivity contribution in [3.8, 4) is 11.5 Å². The molecule has 2 aromatic rings. The minimum Gasteiger partial charge on any atom is -0.419 e. The Labute approximate surface area is 120 Å². The third kappa shape index (κ3) is 2.81. The van der Waals surface area contributed by atoms with Gasteiger partial charge in [0.2, 0.25) is 17.7 Å². The lowest BCUT2D eigenvalue weighted by atomic mass is 10.2. The Hall–Kier alpha value is -1.92. The zero-order valence-electron chi connectivity index (χ0n) is 10.7. The van der Waals surface area contributed by atoms with E-state index in [0.717, 1.165) is 6.54 Å². The second-order valence-electron chi connectivity index (χ2n) is 4.54. The highest BCUT2D eigenvalue weighted by atomic mass is 35.5. The molecule has 0 radical (unpaired) electrons. The molecule has 0 saturated carbocycles. The first-order chi connectivity index (χ1) is 9.72. The first kappa shape index (κ1) is 13.1. The SMILES string of the molecule is O=C1CN(Cc2nnc(-c3ccccc3Cl)o2)CCN1. The van der Waals surface area contributed by atoms with E-state index in [0.29, 0.717) is 42.0 Å². The second-order valence-corrected chi connectivity index (χ2v) is 4.95. The van der Waals surface area contributed by atoms with Gasteiger partial charge in [0.15, 0.2) is 0 Å². The molecule has 104 valence electrons. The largest absolute Gasteiger partial charge is 0.419 e. The average Bonchev–Trinajstić information content (AvgIpc) is 2.87. The maximum Gasteiger partial charge on any atom is 0.249 e. The number of hydrogen-bond donors (Lipinski definition) is 1.